The van der Waals surface area contributed by atoms with E-state index in [1.165, 1.54) is 12.8 Å². The summed E-state index contributed by atoms with van der Waals surface area (Å²) >= 11 is 0. The summed E-state index contributed by atoms with van der Waals surface area (Å²) in [5.74, 6) is 4.92. The van der Waals surface area contributed by atoms with Gasteiger partial charge in [0.1, 0.15) is 0 Å². The Balaban J connectivity index is 3.33. The molecule has 0 radical (unpaired) electrons. The van der Waals surface area contributed by atoms with Crippen LogP contribution in [0.25, 0.3) is 0 Å². The second-order valence-corrected chi connectivity index (χ2v) is 6.88. The molecule has 0 saturated carbocycles. The van der Waals surface area contributed by atoms with E-state index in [1.807, 2.05) is 0 Å². The van der Waals surface area contributed by atoms with Crippen LogP contribution in [0.15, 0.2) is 4.99 Å². The lowest BCUT2D eigenvalue weighted by molar-refractivity contribution is -0.120. The van der Waals surface area contributed by atoms with Crippen LogP contribution in [0.2, 0.25) is 0 Å². The third-order valence-electron chi connectivity index (χ3n) is 4.24. The summed E-state index contributed by atoms with van der Waals surface area (Å²) < 4.78 is 0. The van der Waals surface area contributed by atoms with E-state index in [0.717, 1.165) is 71.0 Å². The quantitative estimate of drug-likeness (QED) is 0.0486. The van der Waals surface area contributed by atoms with Crippen molar-refractivity contribution in [2.45, 2.75) is 57.8 Å². The van der Waals surface area contributed by atoms with Crippen LogP contribution in [0.5, 0.6) is 0 Å². The molecule has 0 aromatic rings. The Morgan fingerprint density at radius 2 is 1.38 bits per heavy atom. The van der Waals surface area contributed by atoms with Crippen molar-refractivity contribution in [1.82, 2.24) is 26.7 Å². The largest absolute Gasteiger partial charge is 0.355 e. The number of unbranched alkanes of at least 4 members (excludes halogenated alkanes) is 6. The first-order valence-electron chi connectivity index (χ1n) is 10.8. The van der Waals surface area contributed by atoms with Crippen LogP contribution >= 0.6 is 0 Å². The smallest absolute Gasteiger partial charge is 0.315 e. The number of nitrogens with two attached hydrogens (primary N) is 2. The predicted molar refractivity (Wildman–Crippen MR) is 119 cm³/mol. The number of hydrogen-bond donors (Lipinski definition) is 7. The Bertz CT molecular complexity index is 421. The summed E-state index contributed by atoms with van der Waals surface area (Å²) in [7, 11) is 0. The number of hydrazine groups is 1. The summed E-state index contributed by atoms with van der Waals surface area (Å²) in [6.45, 7) is 4.61. The van der Waals surface area contributed by atoms with Gasteiger partial charge in [-0.15, -0.1) is 0 Å². The summed E-state index contributed by atoms with van der Waals surface area (Å²) in [6, 6.07) is -0.303. The van der Waals surface area contributed by atoms with E-state index in [9.17, 15) is 9.59 Å². The molecular formula is C19H42N8O2. The van der Waals surface area contributed by atoms with Gasteiger partial charge in [0.25, 0.3) is 0 Å². The van der Waals surface area contributed by atoms with Crippen molar-refractivity contribution in [3.05, 3.63) is 0 Å². The number of aliphatic imine (C=N–C) groups is 1. The van der Waals surface area contributed by atoms with E-state index < -0.39 is 0 Å². The number of nitrogens with one attached hydrogen (secondary N) is 5. The minimum atomic E-state index is -0.303. The minimum absolute atomic E-state index is 0.00462. The monoisotopic (exact) mass is 414 g/mol. The van der Waals surface area contributed by atoms with Crippen LogP contribution < -0.4 is 38.3 Å². The highest BCUT2D eigenvalue weighted by Gasteiger charge is 2.04. The minimum Gasteiger partial charge on any atom is -0.355 e. The Morgan fingerprint density at radius 3 is 2.14 bits per heavy atom. The number of hydrogen-bond acceptors (Lipinski definition) is 6. The number of urea groups is 1. The first-order valence-corrected chi connectivity index (χ1v) is 10.8. The first-order chi connectivity index (χ1) is 14.2. The molecule has 0 unspecified atom stereocenters. The molecule has 0 aromatic heterocycles. The molecule has 3 amide bonds. The van der Waals surface area contributed by atoms with Crippen molar-refractivity contribution >= 4 is 18.3 Å². The van der Waals surface area contributed by atoms with Crippen LogP contribution in [0.3, 0.4) is 0 Å². The van der Waals surface area contributed by atoms with Gasteiger partial charge in [0.15, 0.2) is 0 Å². The molecule has 29 heavy (non-hydrogen) atoms. The van der Waals surface area contributed by atoms with Gasteiger partial charge in [-0.1, -0.05) is 25.7 Å². The Morgan fingerprint density at radius 1 is 0.759 bits per heavy atom. The lowest BCUT2D eigenvalue weighted by atomic mass is 10.1. The Labute approximate surface area is 175 Å². The van der Waals surface area contributed by atoms with Gasteiger partial charge in [-0.2, -0.15) is 0 Å². The average Bonchev–Trinajstić information content (AvgIpc) is 2.72. The standard InChI is InChI=1S/C19H42N8O2/c20-10-9-13-22-11-7-8-15-25-19(29)26-16-18(28)24-14-6-4-2-1-3-5-12-23-17-27-21/h17,22H,1-16,20-21H2,(H,23,27)(H,24,28)(H2,25,26,29). The van der Waals surface area contributed by atoms with Gasteiger partial charge in [0.2, 0.25) is 5.91 Å². The molecule has 0 heterocycles. The topological polar surface area (TPSA) is 159 Å². The van der Waals surface area contributed by atoms with Crippen LogP contribution in [0.1, 0.15) is 57.8 Å². The second-order valence-electron chi connectivity index (χ2n) is 6.88. The molecule has 0 aromatic carbocycles. The van der Waals surface area contributed by atoms with E-state index in [2.05, 4.69) is 31.7 Å². The highest BCUT2D eigenvalue weighted by molar-refractivity contribution is 5.83. The molecular weight excluding hydrogens is 372 g/mol. The van der Waals surface area contributed by atoms with Gasteiger partial charge < -0.3 is 32.4 Å². The maximum absolute atomic E-state index is 11.7. The SMILES string of the molecule is NCCCNCCCCNC(=O)NCC(=O)NCCCCCCCCN=CNN. The fourth-order valence-corrected chi connectivity index (χ4v) is 2.59. The molecule has 0 bridgehead atoms. The predicted octanol–water partition coefficient (Wildman–Crippen LogP) is -0.0474. The number of amides is 3. The third-order valence-corrected chi connectivity index (χ3v) is 4.24. The maximum atomic E-state index is 11.7. The van der Waals surface area contributed by atoms with Gasteiger partial charge in [-0.3, -0.25) is 9.79 Å². The molecule has 10 nitrogen and oxygen atoms in total. The summed E-state index contributed by atoms with van der Waals surface area (Å²) in [4.78, 5) is 27.4. The van der Waals surface area contributed by atoms with Crippen LogP contribution in [-0.4, -0.2) is 64.1 Å². The molecule has 9 N–H and O–H groups in total. The number of carbonyl (C=O) groups excluding carboxylic acids is 2. The lowest BCUT2D eigenvalue weighted by Crippen LogP contribution is -2.42. The Hall–Kier alpha value is -1.91. The number of carbonyl (C=O) groups is 2. The van der Waals surface area contributed by atoms with Crippen molar-refractivity contribution in [2.75, 3.05) is 45.8 Å². The van der Waals surface area contributed by atoms with E-state index in [0.29, 0.717) is 19.6 Å². The van der Waals surface area contributed by atoms with Crippen molar-refractivity contribution in [3.63, 3.8) is 0 Å². The molecule has 0 saturated heterocycles. The third kappa shape index (κ3) is 22.2. The average molecular weight is 415 g/mol. The molecule has 0 aliphatic heterocycles. The van der Waals surface area contributed by atoms with Gasteiger partial charge in [0.05, 0.1) is 12.9 Å². The first kappa shape index (κ1) is 27.1. The molecule has 0 spiro atoms. The highest BCUT2D eigenvalue weighted by Crippen LogP contribution is 2.04. The normalized spacial score (nSPS) is 10.8. The fourth-order valence-electron chi connectivity index (χ4n) is 2.59. The zero-order valence-corrected chi connectivity index (χ0v) is 17.8. The summed E-state index contributed by atoms with van der Waals surface area (Å²) in [5, 5.41) is 11.4. The van der Waals surface area contributed by atoms with Crippen LogP contribution in [0, 0.1) is 0 Å². The van der Waals surface area contributed by atoms with E-state index in [4.69, 9.17) is 11.6 Å². The van der Waals surface area contributed by atoms with E-state index >= 15 is 0 Å². The highest BCUT2D eigenvalue weighted by atomic mass is 16.2. The van der Waals surface area contributed by atoms with Gasteiger partial charge >= 0.3 is 6.03 Å². The molecule has 0 aliphatic carbocycles. The zero-order chi connectivity index (χ0) is 21.4. The van der Waals surface area contributed by atoms with E-state index in [1.54, 1.807) is 0 Å². The summed E-state index contributed by atoms with van der Waals surface area (Å²) in [5.41, 5.74) is 7.80. The summed E-state index contributed by atoms with van der Waals surface area (Å²) in [6.07, 6.45) is 10.9. The number of rotatable bonds is 20. The van der Waals surface area contributed by atoms with Crippen molar-refractivity contribution in [1.29, 1.82) is 0 Å². The molecule has 10 heteroatoms. The maximum Gasteiger partial charge on any atom is 0.315 e. The molecule has 0 atom stereocenters. The van der Waals surface area contributed by atoms with Gasteiger partial charge in [0, 0.05) is 19.6 Å². The van der Waals surface area contributed by atoms with Crippen LogP contribution in [0.4, 0.5) is 4.79 Å². The zero-order valence-electron chi connectivity index (χ0n) is 17.8. The second kappa shape index (κ2) is 22.4. The van der Waals surface area contributed by atoms with Crippen molar-refractivity contribution in [3.8, 4) is 0 Å². The molecule has 0 rings (SSSR count). The van der Waals surface area contributed by atoms with Gasteiger partial charge in [-0.25, -0.2) is 10.6 Å². The molecule has 0 fully saturated rings. The number of nitrogens with zero attached hydrogens (tertiary/aromatic N) is 1. The van der Waals surface area contributed by atoms with Crippen LogP contribution in [-0.2, 0) is 4.79 Å². The van der Waals surface area contributed by atoms with Gasteiger partial charge in [-0.05, 0) is 51.7 Å². The van der Waals surface area contributed by atoms with E-state index in [-0.39, 0.29) is 18.5 Å². The lowest BCUT2D eigenvalue weighted by Gasteiger charge is -2.09. The molecule has 170 valence electrons. The Kier molecular flexibility index (Phi) is 20.9. The van der Waals surface area contributed by atoms with Crippen molar-refractivity contribution < 1.29 is 9.59 Å². The fraction of sp³-hybridized carbons (Fsp3) is 0.842. The van der Waals surface area contributed by atoms with Crippen molar-refractivity contribution in [2.24, 2.45) is 16.6 Å². The molecule has 0 aliphatic rings.